The number of rotatable bonds is 2. The van der Waals surface area contributed by atoms with Crippen molar-refractivity contribution in [1.29, 1.82) is 5.26 Å². The van der Waals surface area contributed by atoms with E-state index >= 15 is 0 Å². The number of hydrogen-bond donors (Lipinski definition) is 1. The lowest BCUT2D eigenvalue weighted by Crippen LogP contribution is -2.03. The first-order valence-electron chi connectivity index (χ1n) is 3.84. The molecule has 3 heteroatoms. The molecule has 0 aliphatic rings. The van der Waals surface area contributed by atoms with Crippen LogP contribution in [-0.2, 0) is 6.42 Å². The zero-order chi connectivity index (χ0) is 8.97. The van der Waals surface area contributed by atoms with Gasteiger partial charge in [-0.2, -0.15) is 5.26 Å². The van der Waals surface area contributed by atoms with Crippen molar-refractivity contribution in [2.45, 2.75) is 13.3 Å². The fourth-order valence-electron chi connectivity index (χ4n) is 1.11. The molecule has 0 aromatic carbocycles. The molecule has 0 spiro atoms. The van der Waals surface area contributed by atoms with Crippen molar-refractivity contribution < 1.29 is 0 Å². The maximum atomic E-state index is 8.61. The first kappa shape index (κ1) is 8.69. The van der Waals surface area contributed by atoms with Crippen molar-refractivity contribution in [3.8, 4) is 6.07 Å². The van der Waals surface area contributed by atoms with Gasteiger partial charge in [-0.3, -0.25) is 0 Å². The largest absolute Gasteiger partial charge is 0.330 e. The van der Waals surface area contributed by atoms with Crippen molar-refractivity contribution in [2.75, 3.05) is 6.54 Å². The van der Waals surface area contributed by atoms with Gasteiger partial charge in [0.25, 0.3) is 0 Å². The van der Waals surface area contributed by atoms with Crippen LogP contribution in [0.3, 0.4) is 0 Å². The van der Waals surface area contributed by atoms with Crippen LogP contribution in [0.15, 0.2) is 12.1 Å². The monoisotopic (exact) mass is 161 g/mol. The number of nitrogens with two attached hydrogens (primary N) is 1. The summed E-state index contributed by atoms with van der Waals surface area (Å²) in [4.78, 5) is 4.03. The normalized spacial score (nSPS) is 9.42. The van der Waals surface area contributed by atoms with E-state index in [0.29, 0.717) is 12.2 Å². The van der Waals surface area contributed by atoms with Crippen molar-refractivity contribution >= 4 is 0 Å². The Morgan fingerprint density at radius 2 is 2.33 bits per heavy atom. The van der Waals surface area contributed by atoms with Crippen molar-refractivity contribution in [1.82, 2.24) is 4.98 Å². The lowest BCUT2D eigenvalue weighted by molar-refractivity contribution is 0.955. The average Bonchev–Trinajstić information content (AvgIpc) is 2.04. The Hall–Kier alpha value is -1.40. The second-order valence-corrected chi connectivity index (χ2v) is 2.65. The molecule has 0 aliphatic carbocycles. The third-order valence-electron chi connectivity index (χ3n) is 1.56. The minimum Gasteiger partial charge on any atom is -0.330 e. The molecule has 1 heterocycles. The van der Waals surface area contributed by atoms with E-state index in [1.165, 1.54) is 0 Å². The molecule has 0 aliphatic heterocycles. The van der Waals surface area contributed by atoms with Gasteiger partial charge in [0.05, 0.1) is 0 Å². The molecular formula is C9H11N3. The summed E-state index contributed by atoms with van der Waals surface area (Å²) in [6, 6.07) is 5.74. The summed E-state index contributed by atoms with van der Waals surface area (Å²) in [6.45, 7) is 2.48. The minimum atomic E-state index is 0.471. The summed E-state index contributed by atoms with van der Waals surface area (Å²) in [5, 5.41) is 8.61. The van der Waals surface area contributed by atoms with E-state index in [-0.39, 0.29) is 0 Å². The second-order valence-electron chi connectivity index (χ2n) is 2.65. The molecule has 3 nitrogen and oxygen atoms in total. The maximum Gasteiger partial charge on any atom is 0.141 e. The van der Waals surface area contributed by atoms with Crippen LogP contribution in [0.4, 0.5) is 0 Å². The van der Waals surface area contributed by atoms with E-state index < -0.39 is 0 Å². The summed E-state index contributed by atoms with van der Waals surface area (Å²) in [5.74, 6) is 0. The third-order valence-corrected chi connectivity index (χ3v) is 1.56. The highest BCUT2D eigenvalue weighted by Gasteiger charge is 1.97. The maximum absolute atomic E-state index is 8.61. The predicted octanol–water partition coefficient (Wildman–Crippen LogP) is 0.763. The van der Waals surface area contributed by atoms with Crippen LogP contribution < -0.4 is 5.73 Å². The summed E-state index contributed by atoms with van der Waals surface area (Å²) in [7, 11) is 0. The number of aryl methyl sites for hydroxylation is 1. The Kier molecular flexibility index (Phi) is 2.78. The van der Waals surface area contributed by atoms with Gasteiger partial charge in [0.1, 0.15) is 11.8 Å². The Morgan fingerprint density at radius 3 is 2.92 bits per heavy atom. The molecule has 0 saturated carbocycles. The highest BCUT2D eigenvalue weighted by Crippen LogP contribution is 2.04. The van der Waals surface area contributed by atoms with E-state index in [1.807, 2.05) is 19.1 Å². The van der Waals surface area contributed by atoms with E-state index in [4.69, 9.17) is 11.0 Å². The molecule has 12 heavy (non-hydrogen) atoms. The van der Waals surface area contributed by atoms with Crippen molar-refractivity contribution in [3.63, 3.8) is 0 Å². The number of nitriles is 1. The van der Waals surface area contributed by atoms with E-state index in [0.717, 1.165) is 17.7 Å². The number of nitrogens with zero attached hydrogens (tertiary/aromatic N) is 2. The summed E-state index contributed by atoms with van der Waals surface area (Å²) >= 11 is 0. The topological polar surface area (TPSA) is 62.7 Å². The van der Waals surface area contributed by atoms with Gasteiger partial charge in [0, 0.05) is 5.69 Å². The lowest BCUT2D eigenvalue weighted by Gasteiger charge is -2.00. The van der Waals surface area contributed by atoms with E-state index in [9.17, 15) is 0 Å². The fourth-order valence-corrected chi connectivity index (χ4v) is 1.11. The van der Waals surface area contributed by atoms with Gasteiger partial charge in [0.2, 0.25) is 0 Å². The zero-order valence-corrected chi connectivity index (χ0v) is 7.04. The molecule has 0 radical (unpaired) electrons. The van der Waals surface area contributed by atoms with E-state index in [2.05, 4.69) is 4.98 Å². The predicted molar refractivity (Wildman–Crippen MR) is 46.4 cm³/mol. The Labute approximate surface area is 71.8 Å². The van der Waals surface area contributed by atoms with Crippen LogP contribution in [0, 0.1) is 18.3 Å². The number of aromatic nitrogens is 1. The molecule has 0 atom stereocenters. The highest BCUT2D eigenvalue weighted by atomic mass is 14.7. The van der Waals surface area contributed by atoms with Crippen LogP contribution in [0.5, 0.6) is 0 Å². The fraction of sp³-hybridized carbons (Fsp3) is 0.333. The Balaban J connectivity index is 3.00. The molecule has 62 valence electrons. The molecule has 0 fully saturated rings. The minimum absolute atomic E-state index is 0.471. The van der Waals surface area contributed by atoms with Crippen LogP contribution in [0.1, 0.15) is 17.0 Å². The number of hydrogen-bond acceptors (Lipinski definition) is 3. The van der Waals surface area contributed by atoms with Crippen molar-refractivity contribution in [3.05, 3.63) is 29.1 Å². The van der Waals surface area contributed by atoms with Gasteiger partial charge in [-0.15, -0.1) is 0 Å². The molecule has 0 unspecified atom stereocenters. The highest BCUT2D eigenvalue weighted by molar-refractivity contribution is 5.28. The Bertz CT molecular complexity index is 312. The molecule has 1 rings (SSSR count). The molecule has 0 saturated heterocycles. The molecule has 1 aromatic heterocycles. The molecule has 2 N–H and O–H groups in total. The van der Waals surface area contributed by atoms with Crippen molar-refractivity contribution in [2.24, 2.45) is 5.73 Å². The van der Waals surface area contributed by atoms with Gasteiger partial charge in [0.15, 0.2) is 0 Å². The lowest BCUT2D eigenvalue weighted by atomic mass is 10.1. The van der Waals surface area contributed by atoms with Gasteiger partial charge >= 0.3 is 0 Å². The third kappa shape index (κ3) is 2.04. The van der Waals surface area contributed by atoms with Gasteiger partial charge in [-0.25, -0.2) is 4.98 Å². The van der Waals surface area contributed by atoms with Crippen LogP contribution in [-0.4, -0.2) is 11.5 Å². The SMILES string of the molecule is Cc1cc(CCN)cc(C#N)n1. The Morgan fingerprint density at radius 1 is 1.58 bits per heavy atom. The second kappa shape index (κ2) is 3.84. The van der Waals surface area contributed by atoms with Crippen LogP contribution in [0.2, 0.25) is 0 Å². The summed E-state index contributed by atoms with van der Waals surface area (Å²) < 4.78 is 0. The first-order valence-corrected chi connectivity index (χ1v) is 3.84. The summed E-state index contributed by atoms with van der Waals surface area (Å²) in [5.41, 5.74) is 7.83. The molecule has 0 bridgehead atoms. The van der Waals surface area contributed by atoms with Gasteiger partial charge in [-0.05, 0) is 37.6 Å². The summed E-state index contributed by atoms with van der Waals surface area (Å²) in [6.07, 6.45) is 0.804. The molecule has 0 amide bonds. The molecule has 1 aromatic rings. The number of pyridine rings is 1. The average molecular weight is 161 g/mol. The first-order chi connectivity index (χ1) is 5.76. The zero-order valence-electron chi connectivity index (χ0n) is 7.04. The smallest absolute Gasteiger partial charge is 0.141 e. The van der Waals surface area contributed by atoms with Gasteiger partial charge < -0.3 is 5.73 Å². The van der Waals surface area contributed by atoms with Crippen LogP contribution in [0.25, 0.3) is 0 Å². The van der Waals surface area contributed by atoms with Crippen LogP contribution >= 0.6 is 0 Å². The standard InChI is InChI=1S/C9H11N3/c1-7-4-8(2-3-10)5-9(6-11)12-7/h4-5H,2-3,10H2,1H3. The molecular weight excluding hydrogens is 150 g/mol. The van der Waals surface area contributed by atoms with E-state index in [1.54, 1.807) is 6.07 Å². The quantitative estimate of drug-likeness (QED) is 0.696. The van der Waals surface area contributed by atoms with Gasteiger partial charge in [-0.1, -0.05) is 0 Å².